The molecule has 3 rings (SSSR count). The quantitative estimate of drug-likeness (QED) is 0.594. The normalized spacial score (nSPS) is 25.8. The molecule has 2 amide bonds. The molecule has 1 aromatic rings. The fourth-order valence-corrected chi connectivity index (χ4v) is 3.01. The van der Waals surface area contributed by atoms with Crippen LogP contribution >= 0.6 is 0 Å². The second-order valence-corrected chi connectivity index (χ2v) is 6.69. The number of aromatic nitrogens is 2. The Labute approximate surface area is 145 Å². The Balaban J connectivity index is 1.43. The van der Waals surface area contributed by atoms with Gasteiger partial charge >= 0.3 is 0 Å². The third-order valence-corrected chi connectivity index (χ3v) is 4.62. The van der Waals surface area contributed by atoms with Crippen LogP contribution in [-0.4, -0.2) is 52.9 Å². The lowest BCUT2D eigenvalue weighted by molar-refractivity contribution is -0.126. The summed E-state index contributed by atoms with van der Waals surface area (Å²) in [6, 6.07) is -0.412. The van der Waals surface area contributed by atoms with Crippen LogP contribution in [0.2, 0.25) is 0 Å². The number of aliphatic hydroxyl groups excluding tert-OH is 1. The predicted molar refractivity (Wildman–Crippen MR) is 85.3 cm³/mol. The summed E-state index contributed by atoms with van der Waals surface area (Å²) in [7, 11) is 1.52. The van der Waals surface area contributed by atoms with Crippen molar-refractivity contribution in [1.29, 1.82) is 0 Å². The summed E-state index contributed by atoms with van der Waals surface area (Å²) in [5, 5.41) is 19.5. The van der Waals surface area contributed by atoms with Gasteiger partial charge in [0.1, 0.15) is 0 Å². The van der Waals surface area contributed by atoms with Crippen LogP contribution in [-0.2, 0) is 20.9 Å². The second kappa shape index (κ2) is 7.92. The second-order valence-electron chi connectivity index (χ2n) is 6.69. The van der Waals surface area contributed by atoms with Crippen molar-refractivity contribution in [3.05, 3.63) is 11.7 Å². The van der Waals surface area contributed by atoms with Crippen LogP contribution in [0.3, 0.4) is 0 Å². The Bertz CT molecular complexity index is 615. The summed E-state index contributed by atoms with van der Waals surface area (Å²) in [5.41, 5.74) is 0. The molecule has 25 heavy (non-hydrogen) atoms. The largest absolute Gasteiger partial charge is 0.391 e. The molecule has 1 heterocycles. The maximum absolute atomic E-state index is 12.3. The molecule has 0 saturated heterocycles. The number of carbonyl (C=O) groups excluding carboxylic acids is 2. The van der Waals surface area contributed by atoms with Gasteiger partial charge in [0, 0.05) is 25.4 Å². The third-order valence-electron chi connectivity index (χ3n) is 4.62. The highest BCUT2D eigenvalue weighted by Gasteiger charge is 2.37. The number of methoxy groups -OCH3 is 1. The van der Waals surface area contributed by atoms with Crippen LogP contribution < -0.4 is 10.6 Å². The van der Waals surface area contributed by atoms with Crippen LogP contribution in [0, 0.1) is 5.92 Å². The molecular weight excluding hydrogens is 328 g/mol. The molecule has 0 unspecified atom stereocenters. The first-order valence-corrected chi connectivity index (χ1v) is 8.63. The molecule has 9 nitrogen and oxygen atoms in total. The average Bonchev–Trinajstić information content (AvgIpc) is 3.23. The number of hydrogen-bond acceptors (Lipinski definition) is 7. The van der Waals surface area contributed by atoms with E-state index in [1.54, 1.807) is 0 Å². The van der Waals surface area contributed by atoms with Crippen molar-refractivity contribution in [3.63, 3.8) is 0 Å². The Morgan fingerprint density at radius 1 is 1.36 bits per heavy atom. The van der Waals surface area contributed by atoms with Crippen molar-refractivity contribution >= 4 is 11.8 Å². The van der Waals surface area contributed by atoms with E-state index in [-0.39, 0.29) is 30.7 Å². The van der Waals surface area contributed by atoms with Crippen LogP contribution in [0.15, 0.2) is 4.52 Å². The van der Waals surface area contributed by atoms with E-state index in [1.807, 2.05) is 0 Å². The Hall–Kier alpha value is -2.00. The summed E-state index contributed by atoms with van der Waals surface area (Å²) in [4.78, 5) is 28.3. The summed E-state index contributed by atoms with van der Waals surface area (Å²) < 4.78 is 9.97. The SMILES string of the molecule is COCCC(=O)N[C@H]1C[C@H](C(=O)NCc2nc(C3CC3)no2)C[C@@H]1O. The van der Waals surface area contributed by atoms with Gasteiger partial charge < -0.3 is 25.0 Å². The van der Waals surface area contributed by atoms with E-state index in [1.165, 1.54) is 7.11 Å². The molecule has 0 aliphatic heterocycles. The monoisotopic (exact) mass is 352 g/mol. The molecular formula is C16H24N4O5. The first kappa shape index (κ1) is 17.8. The number of rotatable bonds is 8. The zero-order chi connectivity index (χ0) is 17.8. The molecule has 0 radical (unpaired) electrons. The van der Waals surface area contributed by atoms with Crippen molar-refractivity contribution in [2.24, 2.45) is 5.92 Å². The number of nitrogens with one attached hydrogen (secondary N) is 2. The molecule has 3 atom stereocenters. The molecule has 9 heteroatoms. The fourth-order valence-electron chi connectivity index (χ4n) is 3.01. The molecule has 2 aliphatic rings. The van der Waals surface area contributed by atoms with E-state index in [0.717, 1.165) is 12.8 Å². The number of ether oxygens (including phenoxy) is 1. The molecule has 138 valence electrons. The minimum atomic E-state index is -0.730. The average molecular weight is 352 g/mol. The van der Waals surface area contributed by atoms with Crippen molar-refractivity contribution in [2.75, 3.05) is 13.7 Å². The van der Waals surface area contributed by atoms with Gasteiger partial charge in [0.25, 0.3) is 0 Å². The first-order valence-electron chi connectivity index (χ1n) is 8.63. The Morgan fingerprint density at radius 3 is 2.88 bits per heavy atom. The molecule has 2 aliphatic carbocycles. The molecule has 1 aromatic heterocycles. The van der Waals surface area contributed by atoms with Crippen LogP contribution in [0.4, 0.5) is 0 Å². The lowest BCUT2D eigenvalue weighted by Crippen LogP contribution is -2.40. The predicted octanol–water partition coefficient (Wildman–Crippen LogP) is -0.145. The topological polar surface area (TPSA) is 127 Å². The van der Waals surface area contributed by atoms with Crippen LogP contribution in [0.5, 0.6) is 0 Å². The van der Waals surface area contributed by atoms with Gasteiger partial charge in [0.2, 0.25) is 17.7 Å². The van der Waals surface area contributed by atoms with Crippen molar-refractivity contribution in [3.8, 4) is 0 Å². The summed E-state index contributed by atoms with van der Waals surface area (Å²) in [6.07, 6.45) is 2.40. The number of hydrogen-bond donors (Lipinski definition) is 3. The number of nitrogens with zero attached hydrogens (tertiary/aromatic N) is 2. The van der Waals surface area contributed by atoms with Gasteiger partial charge in [-0.25, -0.2) is 0 Å². The van der Waals surface area contributed by atoms with Gasteiger partial charge in [-0.05, 0) is 25.7 Å². The van der Waals surface area contributed by atoms with E-state index < -0.39 is 12.1 Å². The van der Waals surface area contributed by atoms with Crippen molar-refractivity contribution in [1.82, 2.24) is 20.8 Å². The fraction of sp³-hybridized carbons (Fsp3) is 0.750. The highest BCUT2D eigenvalue weighted by molar-refractivity contribution is 5.80. The Morgan fingerprint density at radius 2 is 2.16 bits per heavy atom. The van der Waals surface area contributed by atoms with Gasteiger partial charge in [0.05, 0.1) is 25.3 Å². The zero-order valence-corrected chi connectivity index (χ0v) is 14.2. The zero-order valence-electron chi connectivity index (χ0n) is 14.2. The van der Waals surface area contributed by atoms with Gasteiger partial charge in [-0.1, -0.05) is 5.16 Å². The van der Waals surface area contributed by atoms with Crippen LogP contribution in [0.1, 0.15) is 49.7 Å². The smallest absolute Gasteiger partial charge is 0.246 e. The maximum Gasteiger partial charge on any atom is 0.246 e. The molecule has 2 saturated carbocycles. The highest BCUT2D eigenvalue weighted by Crippen LogP contribution is 2.38. The summed E-state index contributed by atoms with van der Waals surface area (Å²) >= 11 is 0. The molecule has 0 spiro atoms. The van der Waals surface area contributed by atoms with Gasteiger partial charge in [-0.15, -0.1) is 0 Å². The molecule has 0 bridgehead atoms. The van der Waals surface area contributed by atoms with Gasteiger partial charge in [0.15, 0.2) is 5.82 Å². The van der Waals surface area contributed by atoms with E-state index in [2.05, 4.69) is 20.8 Å². The third kappa shape index (κ3) is 4.76. The maximum atomic E-state index is 12.3. The number of aliphatic hydroxyl groups is 1. The first-order chi connectivity index (χ1) is 12.1. The lowest BCUT2D eigenvalue weighted by Gasteiger charge is -2.16. The summed E-state index contributed by atoms with van der Waals surface area (Å²) in [6.45, 7) is 0.502. The van der Waals surface area contributed by atoms with Crippen molar-refractivity contribution < 1.29 is 24.0 Å². The van der Waals surface area contributed by atoms with Crippen LogP contribution in [0.25, 0.3) is 0 Å². The number of carbonyl (C=O) groups is 2. The lowest BCUT2D eigenvalue weighted by atomic mass is 10.1. The molecule has 0 aromatic carbocycles. The highest BCUT2D eigenvalue weighted by atomic mass is 16.5. The van der Waals surface area contributed by atoms with E-state index in [0.29, 0.717) is 37.1 Å². The number of amides is 2. The van der Waals surface area contributed by atoms with Crippen molar-refractivity contribution in [2.45, 2.75) is 56.7 Å². The molecule has 2 fully saturated rings. The molecule has 3 N–H and O–H groups in total. The minimum absolute atomic E-state index is 0.177. The van der Waals surface area contributed by atoms with E-state index in [4.69, 9.17) is 9.26 Å². The Kier molecular flexibility index (Phi) is 5.64. The van der Waals surface area contributed by atoms with Gasteiger partial charge in [-0.2, -0.15) is 4.98 Å². The standard InChI is InChI=1S/C16H24N4O5/c1-24-5-4-13(22)18-11-6-10(7-12(11)21)16(23)17-8-14-19-15(20-25-14)9-2-3-9/h9-12,21H,2-8H2,1H3,(H,17,23)(H,18,22)/t10-,11-,12-/m0/s1. The van der Waals surface area contributed by atoms with Gasteiger partial charge in [-0.3, -0.25) is 9.59 Å². The van der Waals surface area contributed by atoms with E-state index in [9.17, 15) is 14.7 Å². The van der Waals surface area contributed by atoms with E-state index >= 15 is 0 Å². The minimum Gasteiger partial charge on any atom is -0.391 e. The summed E-state index contributed by atoms with van der Waals surface area (Å²) in [5.74, 6) is 0.774.